The first kappa shape index (κ1) is 26.3. The van der Waals surface area contributed by atoms with Crippen LogP contribution in [0.3, 0.4) is 0 Å². The average Bonchev–Trinajstić information content (AvgIpc) is 3.36. The molecular formula is C28H31N3O5S. The van der Waals surface area contributed by atoms with Crippen LogP contribution in [-0.2, 0) is 20.7 Å². The minimum atomic E-state index is -0.430. The summed E-state index contributed by atoms with van der Waals surface area (Å²) in [6.07, 6.45) is 2.84. The molecule has 2 aromatic carbocycles. The van der Waals surface area contributed by atoms with Crippen LogP contribution in [0.5, 0.6) is 11.5 Å². The van der Waals surface area contributed by atoms with Crippen molar-refractivity contribution in [2.75, 3.05) is 25.1 Å². The summed E-state index contributed by atoms with van der Waals surface area (Å²) in [6, 6.07) is 12.8. The fourth-order valence-corrected chi connectivity index (χ4v) is 4.94. The number of esters is 1. The van der Waals surface area contributed by atoms with Gasteiger partial charge in [-0.25, -0.2) is 9.79 Å². The van der Waals surface area contributed by atoms with Crippen molar-refractivity contribution in [3.05, 3.63) is 76.5 Å². The van der Waals surface area contributed by atoms with Crippen LogP contribution in [0, 0.1) is 0 Å². The number of amides is 1. The van der Waals surface area contributed by atoms with Gasteiger partial charge in [0, 0.05) is 11.9 Å². The summed E-state index contributed by atoms with van der Waals surface area (Å²) in [5.41, 5.74) is 3.82. The van der Waals surface area contributed by atoms with Gasteiger partial charge in [-0.1, -0.05) is 36.9 Å². The third-order valence-electron chi connectivity index (χ3n) is 5.90. The first-order valence-electron chi connectivity index (χ1n) is 12.3. The quantitative estimate of drug-likeness (QED) is 0.417. The van der Waals surface area contributed by atoms with E-state index in [1.54, 1.807) is 13.0 Å². The second-order valence-corrected chi connectivity index (χ2v) is 9.23. The zero-order valence-corrected chi connectivity index (χ0v) is 22.3. The van der Waals surface area contributed by atoms with Gasteiger partial charge in [0.15, 0.2) is 23.3 Å². The molecule has 8 nitrogen and oxygen atoms in total. The van der Waals surface area contributed by atoms with E-state index in [4.69, 9.17) is 14.2 Å². The number of fused-ring (bicyclic) bond motifs is 1. The number of nitrogens with zero attached hydrogens (tertiary/aromatic N) is 2. The Morgan fingerprint density at radius 2 is 1.81 bits per heavy atom. The molecule has 0 aromatic heterocycles. The third kappa shape index (κ3) is 5.99. The summed E-state index contributed by atoms with van der Waals surface area (Å²) in [4.78, 5) is 32.0. The van der Waals surface area contributed by atoms with E-state index in [9.17, 15) is 9.59 Å². The number of amidine groups is 1. The van der Waals surface area contributed by atoms with Crippen molar-refractivity contribution in [1.82, 2.24) is 4.90 Å². The smallest absolute Gasteiger partial charge is 0.338 e. The Labute approximate surface area is 221 Å². The molecule has 0 fully saturated rings. The molecule has 0 unspecified atom stereocenters. The van der Waals surface area contributed by atoms with Crippen molar-refractivity contribution >= 4 is 34.5 Å². The van der Waals surface area contributed by atoms with Crippen molar-refractivity contribution < 1.29 is 23.8 Å². The van der Waals surface area contributed by atoms with E-state index in [1.165, 1.54) is 17.3 Å². The van der Waals surface area contributed by atoms with Crippen LogP contribution in [0.1, 0.15) is 44.9 Å². The standard InChI is InChI=1S/C28H31N3O5S/c1-5-19-8-11-21(12-9-19)30-24(32)17-36-22-13-10-20(16-23(22)34-6-2)26-25(27(33)35-7-3)18(4)29-28-31(26)14-15-37-28/h8-16,26H,5-7,17H2,1-4H3,(H,30,32)/t26-/m1/s1. The molecular weight excluding hydrogens is 490 g/mol. The van der Waals surface area contributed by atoms with Crippen molar-refractivity contribution in [3.8, 4) is 11.5 Å². The number of ether oxygens (including phenoxy) is 3. The Morgan fingerprint density at radius 1 is 1.03 bits per heavy atom. The number of hydrogen-bond acceptors (Lipinski definition) is 8. The number of aliphatic imine (C=N–C) groups is 1. The van der Waals surface area contributed by atoms with Crippen molar-refractivity contribution in [2.24, 2.45) is 4.99 Å². The van der Waals surface area contributed by atoms with Gasteiger partial charge in [0.25, 0.3) is 5.91 Å². The Morgan fingerprint density at radius 3 is 2.51 bits per heavy atom. The Kier molecular flexibility index (Phi) is 8.55. The van der Waals surface area contributed by atoms with E-state index in [0.717, 1.165) is 17.2 Å². The summed E-state index contributed by atoms with van der Waals surface area (Å²) in [5.74, 6) is 0.253. The predicted molar refractivity (Wildman–Crippen MR) is 146 cm³/mol. The largest absolute Gasteiger partial charge is 0.490 e. The van der Waals surface area contributed by atoms with E-state index in [-0.39, 0.29) is 19.1 Å². The van der Waals surface area contributed by atoms with Gasteiger partial charge in [-0.15, -0.1) is 0 Å². The molecule has 0 radical (unpaired) electrons. The number of thioether (sulfide) groups is 1. The van der Waals surface area contributed by atoms with Crippen molar-refractivity contribution in [3.63, 3.8) is 0 Å². The van der Waals surface area contributed by atoms with E-state index < -0.39 is 12.0 Å². The van der Waals surface area contributed by atoms with Gasteiger partial charge in [-0.2, -0.15) is 0 Å². The van der Waals surface area contributed by atoms with Gasteiger partial charge in [0.2, 0.25) is 0 Å². The number of benzene rings is 2. The van der Waals surface area contributed by atoms with Crippen LogP contribution in [0.2, 0.25) is 0 Å². The van der Waals surface area contributed by atoms with E-state index in [1.807, 2.05) is 66.8 Å². The second kappa shape index (κ2) is 12.0. The molecule has 0 saturated carbocycles. The predicted octanol–water partition coefficient (Wildman–Crippen LogP) is 5.43. The number of hydrogen-bond donors (Lipinski definition) is 1. The van der Waals surface area contributed by atoms with Gasteiger partial charge in [0.05, 0.1) is 30.5 Å². The van der Waals surface area contributed by atoms with Crippen LogP contribution >= 0.6 is 11.8 Å². The summed E-state index contributed by atoms with van der Waals surface area (Å²) in [6.45, 7) is 8.06. The first-order chi connectivity index (χ1) is 17.9. The highest BCUT2D eigenvalue weighted by Gasteiger charge is 2.37. The lowest BCUT2D eigenvalue weighted by Gasteiger charge is -2.33. The average molecular weight is 522 g/mol. The highest BCUT2D eigenvalue weighted by atomic mass is 32.2. The lowest BCUT2D eigenvalue weighted by atomic mass is 9.94. The van der Waals surface area contributed by atoms with Crippen molar-refractivity contribution in [2.45, 2.75) is 40.2 Å². The lowest BCUT2D eigenvalue weighted by molar-refractivity contribution is -0.139. The van der Waals surface area contributed by atoms with Gasteiger partial charge in [-0.05, 0) is 68.0 Å². The van der Waals surface area contributed by atoms with Gasteiger partial charge in [-0.3, -0.25) is 4.79 Å². The Bertz CT molecular complexity index is 1250. The fraction of sp³-hybridized carbons (Fsp3) is 0.321. The molecule has 0 bridgehead atoms. The molecule has 37 heavy (non-hydrogen) atoms. The van der Waals surface area contributed by atoms with Gasteiger partial charge >= 0.3 is 5.97 Å². The van der Waals surface area contributed by atoms with E-state index in [2.05, 4.69) is 17.2 Å². The SMILES string of the molecule is CCOC(=O)C1=C(C)N=C2SC=CN2[C@@H]1c1ccc(OCC(=O)Nc2ccc(CC)cc2)c(OCC)c1. The number of carbonyl (C=O) groups is 2. The highest BCUT2D eigenvalue weighted by molar-refractivity contribution is 8.16. The third-order valence-corrected chi connectivity index (χ3v) is 6.67. The first-order valence-corrected chi connectivity index (χ1v) is 13.2. The Balaban J connectivity index is 1.55. The summed E-state index contributed by atoms with van der Waals surface area (Å²) in [5, 5.41) is 5.57. The van der Waals surface area contributed by atoms with Crippen molar-refractivity contribution in [1.29, 1.82) is 0 Å². The molecule has 1 amide bonds. The number of aryl methyl sites for hydroxylation is 1. The van der Waals surface area contributed by atoms with Crippen LogP contribution in [-0.4, -0.2) is 41.8 Å². The molecule has 4 rings (SSSR count). The minimum Gasteiger partial charge on any atom is -0.490 e. The zero-order valence-electron chi connectivity index (χ0n) is 21.4. The number of allylic oxidation sites excluding steroid dienone is 1. The van der Waals surface area contributed by atoms with Gasteiger partial charge < -0.3 is 24.4 Å². The maximum atomic E-state index is 12.9. The number of carbonyl (C=O) groups excluding carboxylic acids is 2. The Hall–Kier alpha value is -3.72. The number of rotatable bonds is 10. The van der Waals surface area contributed by atoms with Crippen LogP contribution in [0.15, 0.2) is 70.3 Å². The molecule has 9 heteroatoms. The summed E-state index contributed by atoms with van der Waals surface area (Å²) in [7, 11) is 0. The molecule has 2 aliphatic rings. The molecule has 2 aromatic rings. The van der Waals surface area contributed by atoms with Gasteiger partial charge in [0.1, 0.15) is 0 Å². The molecule has 0 aliphatic carbocycles. The minimum absolute atomic E-state index is 0.173. The number of nitrogens with one attached hydrogen (secondary N) is 1. The van der Waals surface area contributed by atoms with Crippen LogP contribution in [0.25, 0.3) is 0 Å². The highest BCUT2D eigenvalue weighted by Crippen LogP contribution is 2.43. The van der Waals surface area contributed by atoms with Crippen LogP contribution < -0.4 is 14.8 Å². The molecule has 0 saturated heterocycles. The molecule has 1 N–H and O–H groups in total. The molecule has 0 spiro atoms. The molecule has 2 heterocycles. The molecule has 194 valence electrons. The molecule has 2 aliphatic heterocycles. The summed E-state index contributed by atoms with van der Waals surface area (Å²) >= 11 is 1.50. The zero-order chi connectivity index (χ0) is 26.4. The normalized spacial score (nSPS) is 16.3. The fourth-order valence-electron chi connectivity index (χ4n) is 4.14. The maximum absolute atomic E-state index is 12.9. The second-order valence-electron chi connectivity index (χ2n) is 8.35. The maximum Gasteiger partial charge on any atom is 0.338 e. The van der Waals surface area contributed by atoms with Crippen LogP contribution in [0.4, 0.5) is 5.69 Å². The lowest BCUT2D eigenvalue weighted by Crippen LogP contribution is -2.34. The van der Waals surface area contributed by atoms with E-state index >= 15 is 0 Å². The number of anilines is 1. The topological polar surface area (TPSA) is 89.5 Å². The molecule has 1 atom stereocenters. The monoisotopic (exact) mass is 521 g/mol. The summed E-state index contributed by atoms with van der Waals surface area (Å²) < 4.78 is 17.1. The van der Waals surface area contributed by atoms with E-state index in [0.29, 0.717) is 35.1 Å².